The van der Waals surface area contributed by atoms with Gasteiger partial charge in [-0.3, -0.25) is 14.8 Å². The molecule has 36 heavy (non-hydrogen) atoms. The molecule has 0 unspecified atom stereocenters. The average molecular weight is 471 g/mol. The Labute approximate surface area is 208 Å². The lowest BCUT2D eigenvalue weighted by atomic mass is 10.1. The molecule has 0 saturated heterocycles. The maximum absolute atomic E-state index is 13.1. The molecule has 5 rings (SSSR count). The summed E-state index contributed by atoms with van der Waals surface area (Å²) in [4.78, 5) is 21.5. The third-order valence-electron chi connectivity index (χ3n) is 5.73. The van der Waals surface area contributed by atoms with Crippen molar-refractivity contribution in [2.24, 2.45) is 0 Å². The number of carbonyl (C=O) groups is 1. The van der Waals surface area contributed by atoms with Gasteiger partial charge in [-0.25, -0.2) is 0 Å². The largest absolute Gasteiger partial charge is 0.355 e. The summed E-state index contributed by atoms with van der Waals surface area (Å²) in [5.74, 6) is -0.217. The number of pyridine rings is 2. The molecule has 0 spiro atoms. The molecular weight excluding hydrogens is 448 g/mol. The Kier molecular flexibility index (Phi) is 6.24. The van der Waals surface area contributed by atoms with Gasteiger partial charge in [0.15, 0.2) is 0 Å². The lowest BCUT2D eigenvalue weighted by Crippen LogP contribution is -2.12. The molecule has 0 atom stereocenters. The minimum atomic E-state index is -0.217. The van der Waals surface area contributed by atoms with Gasteiger partial charge in [-0.15, -0.1) is 0 Å². The Morgan fingerprint density at radius 3 is 2.47 bits per heavy atom. The zero-order valence-corrected chi connectivity index (χ0v) is 19.5. The van der Waals surface area contributed by atoms with E-state index in [1.54, 1.807) is 30.7 Å². The van der Waals surface area contributed by atoms with Crippen molar-refractivity contribution in [1.82, 2.24) is 9.97 Å². The molecule has 5 aromatic rings. The fourth-order valence-electron chi connectivity index (χ4n) is 3.85. The van der Waals surface area contributed by atoms with Crippen molar-refractivity contribution in [2.75, 3.05) is 16.0 Å². The molecule has 0 saturated carbocycles. The lowest BCUT2D eigenvalue weighted by molar-refractivity contribution is 0.102. The highest BCUT2D eigenvalue weighted by Crippen LogP contribution is 2.28. The minimum Gasteiger partial charge on any atom is -0.355 e. The van der Waals surface area contributed by atoms with Crippen LogP contribution in [0.5, 0.6) is 0 Å². The highest BCUT2D eigenvalue weighted by atomic mass is 16.1. The monoisotopic (exact) mass is 470 g/mol. The van der Waals surface area contributed by atoms with Crippen molar-refractivity contribution in [2.45, 2.75) is 6.92 Å². The quantitative estimate of drug-likeness (QED) is 0.260. The minimum absolute atomic E-state index is 0.217. The smallest absolute Gasteiger partial charge is 0.255 e. The van der Waals surface area contributed by atoms with Gasteiger partial charge in [0.2, 0.25) is 0 Å². The van der Waals surface area contributed by atoms with Crippen molar-refractivity contribution < 1.29 is 4.79 Å². The van der Waals surface area contributed by atoms with E-state index in [1.807, 2.05) is 73.7 Å². The number of hydrogen-bond donors (Lipinski definition) is 3. The van der Waals surface area contributed by atoms with E-state index in [9.17, 15) is 10.1 Å². The molecule has 3 N–H and O–H groups in total. The van der Waals surface area contributed by atoms with Crippen LogP contribution in [0.1, 0.15) is 21.5 Å². The standard InChI is InChI=1S/C29H22N6O/c1-19-5-7-21(16-28(19)35-27-11-14-32-26-8-6-20(18-30)15-25(26)27)29(36)34-24-4-2-3-23(17-24)33-22-9-12-31-13-10-22/h2-17H,1H3,(H,31,33)(H,32,35)(H,34,36). The van der Waals surface area contributed by atoms with E-state index in [0.717, 1.165) is 39.2 Å². The number of nitriles is 1. The predicted molar refractivity (Wildman–Crippen MR) is 143 cm³/mol. The number of aromatic nitrogens is 2. The van der Waals surface area contributed by atoms with E-state index in [2.05, 4.69) is 32.0 Å². The van der Waals surface area contributed by atoms with Gasteiger partial charge >= 0.3 is 0 Å². The Morgan fingerprint density at radius 2 is 1.64 bits per heavy atom. The Morgan fingerprint density at radius 1 is 0.806 bits per heavy atom. The number of benzene rings is 3. The lowest BCUT2D eigenvalue weighted by Gasteiger charge is -2.14. The fraction of sp³-hybridized carbons (Fsp3) is 0.0345. The summed E-state index contributed by atoms with van der Waals surface area (Å²) in [5, 5.41) is 19.8. The molecule has 0 fully saturated rings. The number of rotatable bonds is 6. The van der Waals surface area contributed by atoms with Crippen LogP contribution in [-0.4, -0.2) is 15.9 Å². The second-order valence-electron chi connectivity index (χ2n) is 8.25. The van der Waals surface area contributed by atoms with Crippen LogP contribution in [-0.2, 0) is 0 Å². The summed E-state index contributed by atoms with van der Waals surface area (Å²) in [5.41, 5.74) is 6.90. The number of aryl methyl sites for hydroxylation is 1. The van der Waals surface area contributed by atoms with Crippen LogP contribution in [0.15, 0.2) is 97.5 Å². The van der Waals surface area contributed by atoms with Crippen LogP contribution in [0.3, 0.4) is 0 Å². The van der Waals surface area contributed by atoms with Gasteiger partial charge in [0, 0.05) is 58.0 Å². The zero-order chi connectivity index (χ0) is 24.9. The van der Waals surface area contributed by atoms with Crippen LogP contribution in [0.25, 0.3) is 10.9 Å². The first kappa shape index (κ1) is 22.6. The van der Waals surface area contributed by atoms with Crippen molar-refractivity contribution in [3.05, 3.63) is 114 Å². The second-order valence-corrected chi connectivity index (χ2v) is 8.25. The van der Waals surface area contributed by atoms with Crippen molar-refractivity contribution in [3.63, 3.8) is 0 Å². The maximum Gasteiger partial charge on any atom is 0.255 e. The zero-order valence-electron chi connectivity index (χ0n) is 19.5. The van der Waals surface area contributed by atoms with Gasteiger partial charge in [-0.05, 0) is 79.2 Å². The molecule has 0 aliphatic heterocycles. The van der Waals surface area contributed by atoms with Crippen LogP contribution in [0.2, 0.25) is 0 Å². The Hall–Kier alpha value is -5.22. The van der Waals surface area contributed by atoms with Gasteiger partial charge in [0.05, 0.1) is 17.1 Å². The van der Waals surface area contributed by atoms with E-state index < -0.39 is 0 Å². The van der Waals surface area contributed by atoms with Gasteiger partial charge in [0.25, 0.3) is 5.91 Å². The van der Waals surface area contributed by atoms with Crippen LogP contribution in [0.4, 0.5) is 28.4 Å². The number of fused-ring (bicyclic) bond motifs is 1. The number of nitrogens with one attached hydrogen (secondary N) is 3. The number of nitrogens with zero attached hydrogens (tertiary/aromatic N) is 3. The van der Waals surface area contributed by atoms with Crippen LogP contribution < -0.4 is 16.0 Å². The molecule has 2 aromatic heterocycles. The summed E-state index contributed by atoms with van der Waals surface area (Å²) in [6.07, 6.45) is 5.15. The number of carbonyl (C=O) groups excluding carboxylic acids is 1. The fourth-order valence-corrected chi connectivity index (χ4v) is 3.85. The highest BCUT2D eigenvalue weighted by molar-refractivity contribution is 6.05. The first-order valence-electron chi connectivity index (χ1n) is 11.3. The van der Waals surface area contributed by atoms with E-state index in [4.69, 9.17) is 0 Å². The normalized spacial score (nSPS) is 10.4. The Balaban J connectivity index is 1.37. The third kappa shape index (κ3) is 4.98. The number of amides is 1. The second kappa shape index (κ2) is 9.95. The van der Waals surface area contributed by atoms with Gasteiger partial charge < -0.3 is 16.0 Å². The summed E-state index contributed by atoms with van der Waals surface area (Å²) in [7, 11) is 0. The van der Waals surface area contributed by atoms with Crippen molar-refractivity contribution in [3.8, 4) is 6.07 Å². The maximum atomic E-state index is 13.1. The SMILES string of the molecule is Cc1ccc(C(=O)Nc2cccc(Nc3ccncc3)c2)cc1Nc1ccnc2ccc(C#N)cc12. The summed E-state index contributed by atoms with van der Waals surface area (Å²) >= 11 is 0. The van der Waals surface area contributed by atoms with E-state index in [1.165, 1.54) is 0 Å². The molecule has 1 amide bonds. The molecule has 174 valence electrons. The van der Waals surface area contributed by atoms with Gasteiger partial charge in [-0.1, -0.05) is 12.1 Å². The highest BCUT2D eigenvalue weighted by Gasteiger charge is 2.11. The molecular formula is C29H22N6O. The summed E-state index contributed by atoms with van der Waals surface area (Å²) in [6, 6.07) is 26.2. The van der Waals surface area contributed by atoms with Gasteiger partial charge in [0.1, 0.15) is 0 Å². The molecule has 7 heteroatoms. The van der Waals surface area contributed by atoms with E-state index >= 15 is 0 Å². The molecule has 0 bridgehead atoms. The Bertz CT molecular complexity index is 1610. The van der Waals surface area contributed by atoms with Crippen LogP contribution >= 0.6 is 0 Å². The van der Waals surface area contributed by atoms with E-state index in [-0.39, 0.29) is 5.91 Å². The van der Waals surface area contributed by atoms with Gasteiger partial charge in [-0.2, -0.15) is 5.26 Å². The number of hydrogen-bond acceptors (Lipinski definition) is 6. The topological polar surface area (TPSA) is 103 Å². The molecule has 0 aliphatic rings. The van der Waals surface area contributed by atoms with Crippen molar-refractivity contribution in [1.29, 1.82) is 5.26 Å². The van der Waals surface area contributed by atoms with Crippen molar-refractivity contribution >= 4 is 45.2 Å². The molecule has 2 heterocycles. The molecule has 7 nitrogen and oxygen atoms in total. The summed E-state index contributed by atoms with van der Waals surface area (Å²) in [6.45, 7) is 1.97. The molecule has 0 radical (unpaired) electrons. The van der Waals surface area contributed by atoms with Crippen LogP contribution in [0, 0.1) is 18.3 Å². The molecule has 3 aromatic carbocycles. The predicted octanol–water partition coefficient (Wildman–Crippen LogP) is 6.55. The van der Waals surface area contributed by atoms with E-state index in [0.29, 0.717) is 16.8 Å². The average Bonchev–Trinajstić information content (AvgIpc) is 2.90. The molecule has 0 aliphatic carbocycles. The third-order valence-corrected chi connectivity index (χ3v) is 5.73. The number of anilines is 5. The first-order valence-corrected chi connectivity index (χ1v) is 11.3. The first-order chi connectivity index (χ1) is 17.6. The summed E-state index contributed by atoms with van der Waals surface area (Å²) < 4.78 is 0.